The molecular weight excluding hydrogens is 390 g/mol. The largest absolute Gasteiger partial charge is 0.497 e. The third-order valence-electron chi connectivity index (χ3n) is 4.18. The summed E-state index contributed by atoms with van der Waals surface area (Å²) in [5.41, 5.74) is 0. The molecule has 2 aromatic carbocycles. The molecule has 3 aromatic rings. The lowest BCUT2D eigenvalue weighted by Gasteiger charge is -2.10. The van der Waals surface area contributed by atoms with E-state index in [1.165, 1.54) is 0 Å². The molecule has 0 N–H and O–H groups in total. The Morgan fingerprint density at radius 1 is 0.793 bits per heavy atom. The zero-order valence-corrected chi connectivity index (χ0v) is 17.6. The molecule has 1 heterocycles. The van der Waals surface area contributed by atoms with Crippen molar-refractivity contribution in [3.8, 4) is 23.0 Å². The lowest BCUT2D eigenvalue weighted by Crippen LogP contribution is -2.08. The van der Waals surface area contributed by atoms with Crippen LogP contribution in [-0.2, 0) is 13.2 Å². The molecule has 3 rings (SSSR count). The van der Waals surface area contributed by atoms with Gasteiger partial charge in [0.05, 0.1) is 20.8 Å². The van der Waals surface area contributed by atoms with Crippen molar-refractivity contribution in [3.05, 3.63) is 54.4 Å². The van der Waals surface area contributed by atoms with Gasteiger partial charge in [-0.15, -0.1) is 10.2 Å². The van der Waals surface area contributed by atoms with Gasteiger partial charge < -0.3 is 23.5 Å². The summed E-state index contributed by atoms with van der Waals surface area (Å²) in [6, 6.07) is 15.0. The molecule has 29 heavy (non-hydrogen) atoms. The molecule has 0 aliphatic heterocycles. The van der Waals surface area contributed by atoms with Crippen LogP contribution in [0.5, 0.6) is 23.0 Å². The predicted molar refractivity (Wildman–Crippen MR) is 112 cm³/mol. The minimum absolute atomic E-state index is 0.357. The van der Waals surface area contributed by atoms with Gasteiger partial charge in [-0.05, 0) is 55.5 Å². The molecule has 0 atom stereocenters. The molecule has 0 aliphatic rings. The zero-order chi connectivity index (χ0) is 20.5. The second-order valence-electron chi connectivity index (χ2n) is 5.98. The van der Waals surface area contributed by atoms with Gasteiger partial charge in [0.25, 0.3) is 0 Å². The van der Waals surface area contributed by atoms with Crippen LogP contribution >= 0.6 is 11.8 Å². The molecule has 1 aromatic heterocycles. The maximum Gasteiger partial charge on any atom is 0.191 e. The molecule has 0 bridgehead atoms. The highest BCUT2D eigenvalue weighted by atomic mass is 32.2. The third-order valence-corrected chi connectivity index (χ3v) is 5.11. The van der Waals surface area contributed by atoms with E-state index in [0.29, 0.717) is 13.2 Å². The number of aromatic nitrogens is 3. The van der Waals surface area contributed by atoms with Crippen molar-refractivity contribution in [1.82, 2.24) is 14.8 Å². The molecule has 0 amide bonds. The lowest BCUT2D eigenvalue weighted by atomic mass is 10.3. The minimum atomic E-state index is 0.357. The van der Waals surface area contributed by atoms with Gasteiger partial charge in [0.1, 0.15) is 29.6 Å². The van der Waals surface area contributed by atoms with E-state index in [9.17, 15) is 0 Å². The molecule has 0 fully saturated rings. The molecule has 8 heteroatoms. The Morgan fingerprint density at radius 3 is 1.90 bits per heavy atom. The fourth-order valence-corrected chi connectivity index (χ4v) is 3.47. The molecule has 0 unspecified atom stereocenters. The van der Waals surface area contributed by atoms with Gasteiger partial charge in [-0.3, -0.25) is 0 Å². The van der Waals surface area contributed by atoms with Crippen LogP contribution in [0.3, 0.4) is 0 Å². The van der Waals surface area contributed by atoms with E-state index in [2.05, 4.69) is 21.7 Å². The Kier molecular flexibility index (Phi) is 7.63. The number of ether oxygens (including phenoxy) is 4. The SMILES string of the molecule is CCn1c(COc2ccc(OC)cc2)nnc1SCCOc1ccc(OC)cc1. The summed E-state index contributed by atoms with van der Waals surface area (Å²) < 4.78 is 23.9. The monoisotopic (exact) mass is 415 g/mol. The molecule has 0 spiro atoms. The van der Waals surface area contributed by atoms with E-state index in [4.69, 9.17) is 18.9 Å². The van der Waals surface area contributed by atoms with E-state index in [1.54, 1.807) is 26.0 Å². The first-order valence-corrected chi connectivity index (χ1v) is 10.3. The van der Waals surface area contributed by atoms with Crippen molar-refractivity contribution in [1.29, 1.82) is 0 Å². The molecule has 7 nitrogen and oxygen atoms in total. The van der Waals surface area contributed by atoms with E-state index in [-0.39, 0.29) is 0 Å². The number of methoxy groups -OCH3 is 2. The van der Waals surface area contributed by atoms with Gasteiger partial charge in [0, 0.05) is 12.3 Å². The van der Waals surface area contributed by atoms with Crippen molar-refractivity contribution in [2.24, 2.45) is 0 Å². The Bertz CT molecular complexity index is 882. The van der Waals surface area contributed by atoms with Crippen LogP contribution in [-0.4, -0.2) is 41.3 Å². The van der Waals surface area contributed by atoms with Crippen molar-refractivity contribution in [3.63, 3.8) is 0 Å². The highest BCUT2D eigenvalue weighted by molar-refractivity contribution is 7.99. The average molecular weight is 416 g/mol. The van der Waals surface area contributed by atoms with Crippen molar-refractivity contribution < 1.29 is 18.9 Å². The summed E-state index contributed by atoms with van der Waals surface area (Å²) >= 11 is 1.61. The fraction of sp³-hybridized carbons (Fsp3) is 0.333. The number of hydrogen-bond donors (Lipinski definition) is 0. The zero-order valence-electron chi connectivity index (χ0n) is 16.8. The Labute approximate surface area is 175 Å². The highest BCUT2D eigenvalue weighted by Gasteiger charge is 2.12. The van der Waals surface area contributed by atoms with Gasteiger partial charge in [-0.2, -0.15) is 0 Å². The third kappa shape index (κ3) is 5.80. The Balaban J connectivity index is 1.49. The van der Waals surface area contributed by atoms with Crippen LogP contribution in [0, 0.1) is 0 Å². The average Bonchev–Trinajstić information content (AvgIpc) is 3.17. The number of rotatable bonds is 11. The van der Waals surface area contributed by atoms with Crippen molar-refractivity contribution in [2.45, 2.75) is 25.2 Å². The highest BCUT2D eigenvalue weighted by Crippen LogP contribution is 2.21. The van der Waals surface area contributed by atoms with Crippen LogP contribution in [0.4, 0.5) is 0 Å². The number of benzene rings is 2. The minimum Gasteiger partial charge on any atom is -0.497 e. The smallest absolute Gasteiger partial charge is 0.191 e. The summed E-state index contributed by atoms with van der Waals surface area (Å²) in [5.74, 6) is 4.75. The van der Waals surface area contributed by atoms with Crippen LogP contribution in [0.25, 0.3) is 0 Å². The normalized spacial score (nSPS) is 10.6. The van der Waals surface area contributed by atoms with Gasteiger partial charge >= 0.3 is 0 Å². The first-order chi connectivity index (χ1) is 14.2. The fourth-order valence-electron chi connectivity index (χ4n) is 2.63. The maximum absolute atomic E-state index is 5.83. The standard InChI is InChI=1S/C21H25N3O4S/c1-4-24-20(15-28-19-11-7-17(26-3)8-12-19)22-23-21(24)29-14-13-27-18-9-5-16(25-2)6-10-18/h5-12H,4,13-15H2,1-3H3. The Hall–Kier alpha value is -2.87. The van der Waals surface area contributed by atoms with Crippen molar-refractivity contribution >= 4 is 11.8 Å². The number of nitrogens with zero attached hydrogens (tertiary/aromatic N) is 3. The topological polar surface area (TPSA) is 67.6 Å². The number of thioether (sulfide) groups is 1. The first kappa shape index (κ1) is 20.9. The summed E-state index contributed by atoms with van der Waals surface area (Å²) in [6.07, 6.45) is 0. The van der Waals surface area contributed by atoms with E-state index in [0.717, 1.165) is 46.3 Å². The van der Waals surface area contributed by atoms with E-state index < -0.39 is 0 Å². The maximum atomic E-state index is 5.83. The summed E-state index contributed by atoms with van der Waals surface area (Å²) in [4.78, 5) is 0. The number of hydrogen-bond acceptors (Lipinski definition) is 7. The second kappa shape index (κ2) is 10.6. The molecule has 0 saturated carbocycles. The molecule has 0 radical (unpaired) electrons. The van der Waals surface area contributed by atoms with Gasteiger partial charge in [0.2, 0.25) is 0 Å². The predicted octanol–water partition coefficient (Wildman–Crippen LogP) is 4.07. The van der Waals surface area contributed by atoms with Gasteiger partial charge in [0.15, 0.2) is 11.0 Å². The van der Waals surface area contributed by atoms with Gasteiger partial charge in [-0.1, -0.05) is 11.8 Å². The van der Waals surface area contributed by atoms with Crippen LogP contribution in [0.2, 0.25) is 0 Å². The second-order valence-corrected chi connectivity index (χ2v) is 7.04. The van der Waals surface area contributed by atoms with E-state index >= 15 is 0 Å². The summed E-state index contributed by atoms with van der Waals surface area (Å²) in [5, 5.41) is 9.44. The molecule has 0 aliphatic carbocycles. The van der Waals surface area contributed by atoms with E-state index in [1.807, 2.05) is 48.5 Å². The lowest BCUT2D eigenvalue weighted by molar-refractivity contribution is 0.287. The van der Waals surface area contributed by atoms with Crippen LogP contribution in [0.1, 0.15) is 12.7 Å². The van der Waals surface area contributed by atoms with Gasteiger partial charge in [-0.25, -0.2) is 0 Å². The summed E-state index contributed by atoms with van der Waals surface area (Å²) in [7, 11) is 3.29. The molecule has 0 saturated heterocycles. The first-order valence-electron chi connectivity index (χ1n) is 9.32. The summed E-state index contributed by atoms with van der Waals surface area (Å²) in [6.45, 7) is 3.77. The quantitative estimate of drug-likeness (QED) is 0.345. The molecular formula is C21H25N3O4S. The molecule has 154 valence electrons. The Morgan fingerprint density at radius 2 is 1.34 bits per heavy atom. The van der Waals surface area contributed by atoms with Crippen LogP contribution < -0.4 is 18.9 Å². The van der Waals surface area contributed by atoms with Crippen molar-refractivity contribution in [2.75, 3.05) is 26.6 Å². The van der Waals surface area contributed by atoms with Crippen LogP contribution in [0.15, 0.2) is 53.7 Å².